The number of nitrogens with one attached hydrogen (secondary N) is 1. The van der Waals surface area contributed by atoms with Gasteiger partial charge >= 0.3 is 0 Å². The van der Waals surface area contributed by atoms with Gasteiger partial charge in [0.15, 0.2) is 0 Å². The number of benzene rings is 1. The molecule has 1 unspecified atom stereocenters. The normalized spacial score (nSPS) is 13.1. The third kappa shape index (κ3) is 4.60. The van der Waals surface area contributed by atoms with E-state index in [4.69, 9.17) is 10.2 Å². The number of carbonyl (C=O) groups excluding carboxylic acids is 1. The van der Waals surface area contributed by atoms with Gasteiger partial charge in [0.1, 0.15) is 0 Å². The van der Waals surface area contributed by atoms with Crippen LogP contribution in [-0.2, 0) is 4.79 Å². The molecule has 0 aliphatic rings. The van der Waals surface area contributed by atoms with Crippen molar-refractivity contribution in [2.24, 2.45) is 0 Å². The van der Waals surface area contributed by atoms with Gasteiger partial charge in [0.05, 0.1) is 18.8 Å². The summed E-state index contributed by atoms with van der Waals surface area (Å²) in [7, 11) is 0. The highest BCUT2D eigenvalue weighted by Gasteiger charge is 2.25. The van der Waals surface area contributed by atoms with Crippen molar-refractivity contribution in [3.63, 3.8) is 0 Å². The third-order valence-electron chi connectivity index (χ3n) is 3.07. The second-order valence-corrected chi connectivity index (χ2v) is 5.91. The number of aliphatic hydroxyl groups is 2. The lowest BCUT2D eigenvalue weighted by atomic mass is 9.96. The highest BCUT2D eigenvalue weighted by molar-refractivity contribution is 9.10. The first kappa shape index (κ1) is 16.1. The van der Waals surface area contributed by atoms with Crippen LogP contribution in [-0.4, -0.2) is 34.9 Å². The Balaban J connectivity index is 2.65. The van der Waals surface area contributed by atoms with Gasteiger partial charge in [-0.1, -0.05) is 41.1 Å². The minimum absolute atomic E-state index is 0.0530. The Morgan fingerprint density at radius 3 is 2.47 bits per heavy atom. The van der Waals surface area contributed by atoms with Crippen LogP contribution in [0.5, 0.6) is 0 Å². The van der Waals surface area contributed by atoms with Crippen LogP contribution >= 0.6 is 15.9 Å². The summed E-state index contributed by atoms with van der Waals surface area (Å²) in [5.41, 5.74) is 0.0948. The second-order valence-electron chi connectivity index (χ2n) is 5.05. The fourth-order valence-electron chi connectivity index (χ4n) is 1.78. The molecular weight excluding hydrogens is 310 g/mol. The van der Waals surface area contributed by atoms with Gasteiger partial charge in [-0.25, -0.2) is 0 Å². The molecule has 0 bridgehead atoms. The molecule has 0 saturated carbocycles. The number of rotatable bonds is 6. The lowest BCUT2D eigenvalue weighted by molar-refractivity contribution is -0.124. The van der Waals surface area contributed by atoms with Gasteiger partial charge in [-0.2, -0.15) is 0 Å². The van der Waals surface area contributed by atoms with Crippen LogP contribution in [0.4, 0.5) is 0 Å². The third-order valence-corrected chi connectivity index (χ3v) is 3.79. The Kier molecular flexibility index (Phi) is 5.97. The smallest absolute Gasteiger partial charge is 0.221 e. The second kappa shape index (κ2) is 7.03. The summed E-state index contributed by atoms with van der Waals surface area (Å²) in [6.45, 7) is 2.99. The van der Waals surface area contributed by atoms with Crippen molar-refractivity contribution in [1.82, 2.24) is 5.32 Å². The molecule has 5 heteroatoms. The Hall–Kier alpha value is -0.910. The molecule has 1 aromatic rings. The molecule has 0 heterocycles. The zero-order chi connectivity index (χ0) is 14.5. The van der Waals surface area contributed by atoms with Gasteiger partial charge in [0.2, 0.25) is 5.91 Å². The van der Waals surface area contributed by atoms with Crippen LogP contribution < -0.4 is 5.32 Å². The highest BCUT2D eigenvalue weighted by atomic mass is 79.9. The van der Waals surface area contributed by atoms with E-state index in [-0.39, 0.29) is 25.0 Å². The van der Waals surface area contributed by atoms with Gasteiger partial charge in [-0.15, -0.1) is 0 Å². The Labute approximate surface area is 122 Å². The van der Waals surface area contributed by atoms with Crippen molar-refractivity contribution in [2.75, 3.05) is 13.2 Å². The summed E-state index contributed by atoms with van der Waals surface area (Å²) in [5, 5.41) is 21.0. The van der Waals surface area contributed by atoms with Crippen LogP contribution in [0.25, 0.3) is 0 Å². The molecule has 0 saturated heterocycles. The van der Waals surface area contributed by atoms with Crippen LogP contribution in [0.2, 0.25) is 0 Å². The van der Waals surface area contributed by atoms with E-state index in [9.17, 15) is 4.79 Å². The van der Waals surface area contributed by atoms with E-state index in [1.165, 1.54) is 0 Å². The zero-order valence-electron chi connectivity index (χ0n) is 11.2. The van der Waals surface area contributed by atoms with E-state index < -0.39 is 5.54 Å². The maximum Gasteiger partial charge on any atom is 0.221 e. The van der Waals surface area contributed by atoms with E-state index in [1.807, 2.05) is 31.2 Å². The van der Waals surface area contributed by atoms with Crippen molar-refractivity contribution in [3.8, 4) is 0 Å². The standard InChI is InChI=1S/C14H20BrNO3/c1-10(11-5-3-4-6-12(11)15)7-13(19)16-14(2,8-17)9-18/h3-6,10,17-18H,7-9H2,1-2H3,(H,16,19). The fraction of sp³-hybridized carbons (Fsp3) is 0.500. The minimum Gasteiger partial charge on any atom is -0.394 e. The van der Waals surface area contributed by atoms with Gasteiger partial charge in [0, 0.05) is 10.9 Å². The molecule has 106 valence electrons. The Morgan fingerprint density at radius 2 is 1.95 bits per heavy atom. The van der Waals surface area contributed by atoms with E-state index in [0.29, 0.717) is 6.42 Å². The number of halogens is 1. The first-order valence-corrected chi connectivity index (χ1v) is 6.98. The summed E-state index contributed by atoms with van der Waals surface area (Å²) in [6.07, 6.45) is 0.304. The Morgan fingerprint density at radius 1 is 1.37 bits per heavy atom. The molecule has 1 amide bonds. The summed E-state index contributed by atoms with van der Waals surface area (Å²) in [5.74, 6) is -0.133. The Bertz CT molecular complexity index is 432. The molecule has 3 N–H and O–H groups in total. The van der Waals surface area contributed by atoms with Crippen LogP contribution in [0.3, 0.4) is 0 Å². The number of carbonyl (C=O) groups is 1. The molecule has 1 rings (SSSR count). The minimum atomic E-state index is -0.968. The summed E-state index contributed by atoms with van der Waals surface area (Å²) in [6, 6.07) is 7.77. The number of hydrogen-bond donors (Lipinski definition) is 3. The molecule has 1 aromatic carbocycles. The van der Waals surface area contributed by atoms with Gasteiger partial charge < -0.3 is 15.5 Å². The molecule has 0 radical (unpaired) electrons. The average molecular weight is 330 g/mol. The number of aliphatic hydroxyl groups excluding tert-OH is 2. The molecule has 0 aliphatic carbocycles. The van der Waals surface area contributed by atoms with Crippen molar-refractivity contribution in [1.29, 1.82) is 0 Å². The van der Waals surface area contributed by atoms with E-state index in [0.717, 1.165) is 10.0 Å². The monoisotopic (exact) mass is 329 g/mol. The van der Waals surface area contributed by atoms with Crippen molar-refractivity contribution < 1.29 is 15.0 Å². The summed E-state index contributed by atoms with van der Waals surface area (Å²) < 4.78 is 0.974. The lowest BCUT2D eigenvalue weighted by Crippen LogP contribution is -2.51. The first-order chi connectivity index (χ1) is 8.91. The van der Waals surface area contributed by atoms with Crippen molar-refractivity contribution in [2.45, 2.75) is 31.7 Å². The van der Waals surface area contributed by atoms with Crippen molar-refractivity contribution in [3.05, 3.63) is 34.3 Å². The van der Waals surface area contributed by atoms with E-state index >= 15 is 0 Å². The predicted octanol–water partition coefficient (Wildman–Crippen LogP) is 1.80. The lowest BCUT2D eigenvalue weighted by Gasteiger charge is -2.27. The SMILES string of the molecule is CC(CC(=O)NC(C)(CO)CO)c1ccccc1Br. The maximum atomic E-state index is 11.9. The molecule has 0 aliphatic heterocycles. The molecular formula is C14H20BrNO3. The van der Waals surface area contributed by atoms with Crippen LogP contribution in [0.1, 0.15) is 31.7 Å². The molecule has 0 fully saturated rings. The maximum absolute atomic E-state index is 11.9. The van der Waals surface area contributed by atoms with E-state index in [1.54, 1.807) is 6.92 Å². The zero-order valence-corrected chi connectivity index (χ0v) is 12.8. The average Bonchev–Trinajstić information content (AvgIpc) is 2.38. The topological polar surface area (TPSA) is 69.6 Å². The molecule has 0 aromatic heterocycles. The first-order valence-electron chi connectivity index (χ1n) is 6.19. The van der Waals surface area contributed by atoms with E-state index in [2.05, 4.69) is 21.2 Å². The highest BCUT2D eigenvalue weighted by Crippen LogP contribution is 2.26. The van der Waals surface area contributed by atoms with Gasteiger partial charge in [-0.05, 0) is 24.5 Å². The summed E-state index contributed by atoms with van der Waals surface area (Å²) in [4.78, 5) is 11.9. The predicted molar refractivity (Wildman–Crippen MR) is 77.9 cm³/mol. The number of amides is 1. The van der Waals surface area contributed by atoms with Crippen molar-refractivity contribution >= 4 is 21.8 Å². The quantitative estimate of drug-likeness (QED) is 0.745. The molecule has 4 nitrogen and oxygen atoms in total. The van der Waals surface area contributed by atoms with Gasteiger partial charge in [0.25, 0.3) is 0 Å². The fourth-order valence-corrected chi connectivity index (χ4v) is 2.46. The largest absolute Gasteiger partial charge is 0.394 e. The summed E-state index contributed by atoms with van der Waals surface area (Å²) >= 11 is 3.46. The molecule has 0 spiro atoms. The van der Waals surface area contributed by atoms with Crippen LogP contribution in [0, 0.1) is 0 Å². The van der Waals surface area contributed by atoms with Crippen LogP contribution in [0.15, 0.2) is 28.7 Å². The molecule has 19 heavy (non-hydrogen) atoms. The molecule has 1 atom stereocenters. The van der Waals surface area contributed by atoms with Gasteiger partial charge in [-0.3, -0.25) is 4.79 Å². The number of hydrogen-bond acceptors (Lipinski definition) is 3.